The highest BCUT2D eigenvalue weighted by Gasteiger charge is 2.29. The summed E-state index contributed by atoms with van der Waals surface area (Å²) < 4.78 is 24.5. The summed E-state index contributed by atoms with van der Waals surface area (Å²) in [6.07, 6.45) is 1.53. The van der Waals surface area contributed by atoms with E-state index in [9.17, 15) is 9.18 Å². The number of nitrogens with one attached hydrogen (secondary N) is 1. The van der Waals surface area contributed by atoms with Gasteiger partial charge in [0, 0.05) is 30.6 Å². The topological polar surface area (TPSA) is 84.2 Å². The fraction of sp³-hybridized carbons (Fsp3) is 0.353. The molecule has 0 radical (unpaired) electrons. The van der Waals surface area contributed by atoms with Crippen LogP contribution in [0.4, 0.5) is 4.39 Å². The molecule has 8 heteroatoms. The highest BCUT2D eigenvalue weighted by atomic mass is 19.1. The van der Waals surface area contributed by atoms with Gasteiger partial charge in [0.1, 0.15) is 5.82 Å². The van der Waals surface area contributed by atoms with Crippen LogP contribution in [0, 0.1) is 12.7 Å². The van der Waals surface area contributed by atoms with E-state index in [4.69, 9.17) is 9.15 Å². The Morgan fingerprint density at radius 3 is 3.12 bits per heavy atom. The van der Waals surface area contributed by atoms with Gasteiger partial charge in [-0.05, 0) is 23.8 Å². The molecule has 1 amide bonds. The van der Waals surface area contributed by atoms with Gasteiger partial charge in [0.15, 0.2) is 6.10 Å². The second-order valence-corrected chi connectivity index (χ2v) is 6.04. The van der Waals surface area contributed by atoms with Crippen LogP contribution in [0.2, 0.25) is 0 Å². The molecule has 1 aliphatic rings. The fourth-order valence-electron chi connectivity index (χ4n) is 3.04. The van der Waals surface area contributed by atoms with Gasteiger partial charge in [0.25, 0.3) is 0 Å². The first-order chi connectivity index (χ1) is 12.1. The highest BCUT2D eigenvalue weighted by Crippen LogP contribution is 2.24. The number of ether oxygens (including phenoxy) is 1. The van der Waals surface area contributed by atoms with Crippen LogP contribution in [-0.4, -0.2) is 45.7 Å². The first-order valence-corrected chi connectivity index (χ1v) is 8.05. The molecule has 25 heavy (non-hydrogen) atoms. The highest BCUT2D eigenvalue weighted by molar-refractivity contribution is 5.89. The van der Waals surface area contributed by atoms with Crippen molar-refractivity contribution in [3.05, 3.63) is 47.6 Å². The molecule has 0 unspecified atom stereocenters. The molecule has 4 rings (SSSR count). The largest absolute Gasteiger partial charge is 0.423 e. The number of H-pyrrole nitrogens is 1. The minimum Gasteiger partial charge on any atom is -0.423 e. The van der Waals surface area contributed by atoms with Gasteiger partial charge in [0.05, 0.1) is 19.6 Å². The summed E-state index contributed by atoms with van der Waals surface area (Å²) in [5.74, 6) is 0.473. The zero-order valence-electron chi connectivity index (χ0n) is 13.7. The predicted octanol–water partition coefficient (Wildman–Crippen LogP) is 2.14. The second-order valence-electron chi connectivity index (χ2n) is 6.04. The molecule has 0 spiro atoms. The van der Waals surface area contributed by atoms with Crippen LogP contribution in [0.5, 0.6) is 0 Å². The summed E-state index contributed by atoms with van der Waals surface area (Å²) in [5, 5.41) is 8.49. The maximum absolute atomic E-state index is 13.5. The van der Waals surface area contributed by atoms with Gasteiger partial charge >= 0.3 is 0 Å². The van der Waals surface area contributed by atoms with Crippen LogP contribution in [-0.2, 0) is 16.0 Å². The Hall–Kier alpha value is -2.74. The van der Waals surface area contributed by atoms with Gasteiger partial charge in [-0.25, -0.2) is 4.39 Å². The fourth-order valence-corrected chi connectivity index (χ4v) is 3.04. The lowest BCUT2D eigenvalue weighted by atomic mass is 10.1. The van der Waals surface area contributed by atoms with Crippen molar-refractivity contribution in [2.75, 3.05) is 19.7 Å². The molecule has 2 aromatic heterocycles. The molecule has 1 aromatic carbocycles. The number of morpholine rings is 1. The molecule has 1 N–H and O–H groups in total. The lowest BCUT2D eigenvalue weighted by Crippen LogP contribution is -2.43. The summed E-state index contributed by atoms with van der Waals surface area (Å²) in [6, 6.07) is 4.50. The number of carbonyl (C=O) groups is 1. The van der Waals surface area contributed by atoms with E-state index >= 15 is 0 Å². The van der Waals surface area contributed by atoms with Crippen molar-refractivity contribution in [2.45, 2.75) is 19.4 Å². The van der Waals surface area contributed by atoms with Crippen LogP contribution in [0.25, 0.3) is 10.9 Å². The van der Waals surface area contributed by atoms with Crippen LogP contribution >= 0.6 is 0 Å². The van der Waals surface area contributed by atoms with E-state index in [-0.39, 0.29) is 18.1 Å². The molecule has 0 bridgehead atoms. The Labute approximate surface area is 142 Å². The van der Waals surface area contributed by atoms with Gasteiger partial charge in [-0.3, -0.25) is 4.79 Å². The number of hydrogen-bond acceptors (Lipinski definition) is 5. The van der Waals surface area contributed by atoms with Crippen LogP contribution in [0.15, 0.2) is 28.8 Å². The Kier molecular flexibility index (Phi) is 3.96. The number of aryl methyl sites for hydroxylation is 1. The Morgan fingerprint density at radius 1 is 1.44 bits per heavy atom. The molecule has 1 saturated heterocycles. The van der Waals surface area contributed by atoms with Crippen LogP contribution < -0.4 is 0 Å². The number of hydrogen-bond donors (Lipinski definition) is 1. The SMILES string of the molecule is Cc1nnc([C@H]2CN(C(=O)Cc3c[nH]c4ccc(F)cc34)CCO2)o1. The predicted molar refractivity (Wildman–Crippen MR) is 86.3 cm³/mol. The van der Waals surface area contributed by atoms with E-state index in [1.54, 1.807) is 24.1 Å². The number of nitrogens with zero attached hydrogens (tertiary/aromatic N) is 3. The van der Waals surface area contributed by atoms with Gasteiger partial charge in [-0.1, -0.05) is 0 Å². The molecule has 0 aliphatic carbocycles. The molecule has 1 fully saturated rings. The Balaban J connectivity index is 1.49. The smallest absolute Gasteiger partial charge is 0.246 e. The summed E-state index contributed by atoms with van der Waals surface area (Å²) in [4.78, 5) is 17.5. The van der Waals surface area contributed by atoms with Crippen LogP contribution in [0.1, 0.15) is 23.4 Å². The van der Waals surface area contributed by atoms with E-state index in [0.29, 0.717) is 31.5 Å². The van der Waals surface area contributed by atoms with Crippen molar-refractivity contribution in [1.29, 1.82) is 0 Å². The van der Waals surface area contributed by atoms with Gasteiger partial charge in [-0.2, -0.15) is 0 Å². The van der Waals surface area contributed by atoms with Crippen molar-refractivity contribution < 1.29 is 18.3 Å². The van der Waals surface area contributed by atoms with Gasteiger partial charge in [0.2, 0.25) is 17.7 Å². The molecule has 0 saturated carbocycles. The quantitative estimate of drug-likeness (QED) is 0.787. The molecule has 1 atom stereocenters. The third kappa shape index (κ3) is 3.12. The number of aromatic amines is 1. The number of benzene rings is 1. The summed E-state index contributed by atoms with van der Waals surface area (Å²) in [5.41, 5.74) is 1.58. The van der Waals surface area contributed by atoms with E-state index in [2.05, 4.69) is 15.2 Å². The molecule has 3 heterocycles. The zero-order chi connectivity index (χ0) is 17.4. The maximum atomic E-state index is 13.5. The van der Waals surface area contributed by atoms with E-state index in [0.717, 1.165) is 16.5 Å². The first-order valence-electron chi connectivity index (χ1n) is 8.05. The lowest BCUT2D eigenvalue weighted by molar-refractivity contribution is -0.139. The molecule has 1 aliphatic heterocycles. The van der Waals surface area contributed by atoms with E-state index < -0.39 is 6.10 Å². The third-order valence-corrected chi connectivity index (χ3v) is 4.31. The van der Waals surface area contributed by atoms with E-state index in [1.165, 1.54) is 12.1 Å². The maximum Gasteiger partial charge on any atom is 0.246 e. The lowest BCUT2D eigenvalue weighted by Gasteiger charge is -2.31. The molecule has 130 valence electrons. The number of rotatable bonds is 3. The Bertz CT molecular complexity index is 920. The number of halogens is 1. The third-order valence-electron chi connectivity index (χ3n) is 4.31. The van der Waals surface area contributed by atoms with Crippen LogP contribution in [0.3, 0.4) is 0 Å². The minimum atomic E-state index is -0.417. The summed E-state index contributed by atoms with van der Waals surface area (Å²) >= 11 is 0. The molecular formula is C17H17FN4O3. The minimum absolute atomic E-state index is 0.0466. The first kappa shape index (κ1) is 15.8. The monoisotopic (exact) mass is 344 g/mol. The van der Waals surface area contributed by atoms with Gasteiger partial charge in [-0.15, -0.1) is 10.2 Å². The Morgan fingerprint density at radius 2 is 2.32 bits per heavy atom. The standard InChI is InChI=1S/C17H17FN4O3/c1-10-20-21-17(25-10)15-9-22(4-5-24-15)16(23)6-11-8-19-14-3-2-12(18)7-13(11)14/h2-3,7-8,15,19H,4-6,9H2,1H3/t15-/m1/s1. The van der Waals surface area contributed by atoms with Crippen molar-refractivity contribution in [3.63, 3.8) is 0 Å². The zero-order valence-corrected chi connectivity index (χ0v) is 13.7. The van der Waals surface area contributed by atoms with Crippen molar-refractivity contribution in [3.8, 4) is 0 Å². The number of fused-ring (bicyclic) bond motifs is 1. The van der Waals surface area contributed by atoms with Crippen molar-refractivity contribution in [2.24, 2.45) is 0 Å². The molecular weight excluding hydrogens is 327 g/mol. The van der Waals surface area contributed by atoms with Crippen molar-refractivity contribution in [1.82, 2.24) is 20.1 Å². The summed E-state index contributed by atoms with van der Waals surface area (Å²) in [6.45, 7) is 2.97. The number of carbonyl (C=O) groups excluding carboxylic acids is 1. The molecule has 3 aromatic rings. The second kappa shape index (κ2) is 6.29. The normalized spacial score (nSPS) is 18.0. The van der Waals surface area contributed by atoms with E-state index in [1.807, 2.05) is 0 Å². The number of aromatic nitrogens is 3. The summed E-state index contributed by atoms with van der Waals surface area (Å²) in [7, 11) is 0. The number of amides is 1. The van der Waals surface area contributed by atoms with Crippen molar-refractivity contribution >= 4 is 16.8 Å². The average Bonchev–Trinajstić information content (AvgIpc) is 3.21. The van der Waals surface area contributed by atoms with Gasteiger partial charge < -0.3 is 19.0 Å². The average molecular weight is 344 g/mol. The molecule has 7 nitrogen and oxygen atoms in total.